The normalized spacial score (nSPS) is 18.7. The van der Waals surface area contributed by atoms with E-state index in [1.807, 2.05) is 0 Å². The van der Waals surface area contributed by atoms with Gasteiger partial charge in [0.05, 0.1) is 0 Å². The van der Waals surface area contributed by atoms with Gasteiger partial charge in [0.1, 0.15) is 5.75 Å². The zero-order chi connectivity index (χ0) is 17.1. The Balaban J connectivity index is 2.24. The summed E-state index contributed by atoms with van der Waals surface area (Å²) in [4.78, 5) is 2.49. The van der Waals surface area contributed by atoms with Crippen molar-refractivity contribution in [3.05, 3.63) is 29.8 Å². The fourth-order valence-electron chi connectivity index (χ4n) is 3.25. The summed E-state index contributed by atoms with van der Waals surface area (Å²) in [6.07, 6.45) is 0. The van der Waals surface area contributed by atoms with Crippen molar-refractivity contribution in [3.63, 3.8) is 0 Å². The van der Waals surface area contributed by atoms with E-state index in [2.05, 4.69) is 68.0 Å². The summed E-state index contributed by atoms with van der Waals surface area (Å²) in [5.74, 6) is 0.953. The topological polar surface area (TPSA) is 44.7 Å². The minimum absolute atomic E-state index is 0.175. The standard InChI is InChI=1S/C18H32N2O2Si/c1-18(2,14-21)17(20-12-10-19-11-13-20)15-6-8-16(9-7-15)22-23(3,4)5/h6-9,17,19,21H,10-14H2,1-5H3/t17-/m1/s1. The van der Waals surface area contributed by atoms with Crippen LogP contribution in [0.2, 0.25) is 19.6 Å². The molecule has 0 unspecified atom stereocenters. The van der Waals surface area contributed by atoms with Crippen LogP contribution in [0.25, 0.3) is 0 Å². The number of piperazine rings is 1. The van der Waals surface area contributed by atoms with Gasteiger partial charge in [0, 0.05) is 44.2 Å². The first-order valence-electron chi connectivity index (χ1n) is 8.57. The second-order valence-corrected chi connectivity index (χ2v) is 12.5. The smallest absolute Gasteiger partial charge is 0.242 e. The molecule has 0 radical (unpaired) electrons. The maximum absolute atomic E-state index is 9.90. The molecule has 1 fully saturated rings. The molecule has 2 N–H and O–H groups in total. The minimum Gasteiger partial charge on any atom is -0.544 e. The third kappa shape index (κ3) is 5.04. The lowest BCUT2D eigenvalue weighted by Crippen LogP contribution is -2.49. The lowest BCUT2D eigenvalue weighted by atomic mass is 9.79. The maximum atomic E-state index is 9.90. The van der Waals surface area contributed by atoms with Crippen molar-refractivity contribution in [2.45, 2.75) is 39.5 Å². The number of nitrogens with zero attached hydrogens (tertiary/aromatic N) is 1. The number of hydrogen-bond acceptors (Lipinski definition) is 4. The number of nitrogens with one attached hydrogen (secondary N) is 1. The molecule has 4 nitrogen and oxygen atoms in total. The Hall–Kier alpha value is -0.883. The van der Waals surface area contributed by atoms with Crippen LogP contribution in [0.3, 0.4) is 0 Å². The van der Waals surface area contributed by atoms with Crippen LogP contribution in [0.5, 0.6) is 5.75 Å². The molecule has 5 heteroatoms. The molecular formula is C18H32N2O2Si. The Morgan fingerprint density at radius 2 is 1.74 bits per heavy atom. The number of rotatable bonds is 6. The third-order valence-electron chi connectivity index (χ3n) is 4.28. The van der Waals surface area contributed by atoms with Crippen LogP contribution in [0.1, 0.15) is 25.5 Å². The summed E-state index contributed by atoms with van der Waals surface area (Å²) in [5.41, 5.74) is 1.08. The van der Waals surface area contributed by atoms with Crippen LogP contribution in [-0.2, 0) is 0 Å². The zero-order valence-electron chi connectivity index (χ0n) is 15.2. The molecule has 0 saturated carbocycles. The summed E-state index contributed by atoms with van der Waals surface area (Å²) in [6, 6.07) is 8.71. The van der Waals surface area contributed by atoms with Crippen molar-refractivity contribution in [3.8, 4) is 5.75 Å². The number of aliphatic hydroxyl groups excluding tert-OH is 1. The van der Waals surface area contributed by atoms with E-state index in [1.54, 1.807) is 0 Å². The lowest BCUT2D eigenvalue weighted by molar-refractivity contribution is 0.0305. The van der Waals surface area contributed by atoms with Crippen molar-refractivity contribution < 1.29 is 9.53 Å². The molecule has 0 spiro atoms. The SMILES string of the molecule is CC(C)(CO)[C@@H](c1ccc(O[Si](C)(C)C)cc1)N1CCNCC1. The minimum atomic E-state index is -1.58. The molecule has 1 aromatic carbocycles. The number of aliphatic hydroxyl groups is 1. The van der Waals surface area contributed by atoms with Crippen molar-refractivity contribution in [2.24, 2.45) is 5.41 Å². The van der Waals surface area contributed by atoms with Crippen LogP contribution in [0, 0.1) is 5.41 Å². The first-order valence-corrected chi connectivity index (χ1v) is 12.0. The summed E-state index contributed by atoms with van der Waals surface area (Å²) >= 11 is 0. The van der Waals surface area contributed by atoms with E-state index >= 15 is 0 Å². The highest BCUT2D eigenvalue weighted by Crippen LogP contribution is 2.38. The number of benzene rings is 1. The van der Waals surface area contributed by atoms with Crippen LogP contribution >= 0.6 is 0 Å². The summed E-state index contributed by atoms with van der Waals surface area (Å²) in [5, 5.41) is 13.3. The van der Waals surface area contributed by atoms with Crippen LogP contribution in [-0.4, -0.2) is 51.1 Å². The summed E-state index contributed by atoms with van der Waals surface area (Å²) in [7, 11) is -1.58. The van der Waals surface area contributed by atoms with E-state index in [0.717, 1.165) is 31.9 Å². The van der Waals surface area contributed by atoms with E-state index in [-0.39, 0.29) is 18.1 Å². The summed E-state index contributed by atoms with van der Waals surface area (Å²) < 4.78 is 6.06. The molecule has 23 heavy (non-hydrogen) atoms. The van der Waals surface area contributed by atoms with Gasteiger partial charge in [0.15, 0.2) is 0 Å². The highest BCUT2D eigenvalue weighted by Gasteiger charge is 2.35. The van der Waals surface area contributed by atoms with E-state index in [4.69, 9.17) is 4.43 Å². The predicted molar refractivity (Wildman–Crippen MR) is 98.5 cm³/mol. The van der Waals surface area contributed by atoms with Gasteiger partial charge in [-0.1, -0.05) is 26.0 Å². The molecule has 1 atom stereocenters. The van der Waals surface area contributed by atoms with E-state index < -0.39 is 8.32 Å². The molecule has 130 valence electrons. The Labute approximate surface area is 142 Å². The zero-order valence-corrected chi connectivity index (χ0v) is 16.2. The largest absolute Gasteiger partial charge is 0.544 e. The van der Waals surface area contributed by atoms with Gasteiger partial charge in [0.25, 0.3) is 0 Å². The molecule has 1 aliphatic rings. The van der Waals surface area contributed by atoms with E-state index in [1.165, 1.54) is 5.56 Å². The molecule has 1 saturated heterocycles. The van der Waals surface area contributed by atoms with Gasteiger partial charge in [-0.2, -0.15) is 0 Å². The molecule has 2 rings (SSSR count). The van der Waals surface area contributed by atoms with E-state index in [9.17, 15) is 5.11 Å². The fraction of sp³-hybridized carbons (Fsp3) is 0.667. The lowest BCUT2D eigenvalue weighted by Gasteiger charge is -2.43. The molecule has 0 bridgehead atoms. The van der Waals surface area contributed by atoms with Crippen molar-refractivity contribution in [1.82, 2.24) is 10.2 Å². The number of hydrogen-bond donors (Lipinski definition) is 2. The Morgan fingerprint density at radius 1 is 1.17 bits per heavy atom. The molecule has 0 aliphatic carbocycles. The molecule has 1 aliphatic heterocycles. The van der Waals surface area contributed by atoms with Gasteiger partial charge in [-0.25, -0.2) is 0 Å². The average molecular weight is 337 g/mol. The molecule has 1 heterocycles. The van der Waals surface area contributed by atoms with Gasteiger partial charge in [-0.15, -0.1) is 0 Å². The third-order valence-corrected chi connectivity index (χ3v) is 5.13. The predicted octanol–water partition coefficient (Wildman–Crippen LogP) is 2.87. The second kappa shape index (κ2) is 7.34. The first kappa shape index (κ1) is 18.5. The summed E-state index contributed by atoms with van der Waals surface area (Å²) in [6.45, 7) is 15.1. The van der Waals surface area contributed by atoms with E-state index in [0.29, 0.717) is 0 Å². The Kier molecular flexibility index (Phi) is 5.89. The first-order chi connectivity index (χ1) is 10.7. The van der Waals surface area contributed by atoms with Gasteiger partial charge in [0.2, 0.25) is 8.32 Å². The van der Waals surface area contributed by atoms with Gasteiger partial charge in [-0.05, 0) is 37.3 Å². The highest BCUT2D eigenvalue weighted by atomic mass is 28.4. The van der Waals surface area contributed by atoms with Crippen LogP contribution in [0.15, 0.2) is 24.3 Å². The van der Waals surface area contributed by atoms with Crippen molar-refractivity contribution in [2.75, 3.05) is 32.8 Å². The van der Waals surface area contributed by atoms with Gasteiger partial charge >= 0.3 is 0 Å². The van der Waals surface area contributed by atoms with Crippen LogP contribution in [0.4, 0.5) is 0 Å². The molecule has 0 aromatic heterocycles. The van der Waals surface area contributed by atoms with Crippen LogP contribution < -0.4 is 9.74 Å². The monoisotopic (exact) mass is 336 g/mol. The molecule has 1 aromatic rings. The fourth-order valence-corrected chi connectivity index (χ4v) is 4.10. The van der Waals surface area contributed by atoms with Crippen molar-refractivity contribution in [1.29, 1.82) is 0 Å². The second-order valence-electron chi connectivity index (χ2n) is 8.12. The average Bonchev–Trinajstić information content (AvgIpc) is 2.49. The maximum Gasteiger partial charge on any atom is 0.242 e. The quantitative estimate of drug-likeness (QED) is 0.784. The van der Waals surface area contributed by atoms with Gasteiger partial charge < -0.3 is 14.8 Å². The Morgan fingerprint density at radius 3 is 2.22 bits per heavy atom. The van der Waals surface area contributed by atoms with Gasteiger partial charge in [-0.3, -0.25) is 4.90 Å². The Bertz CT molecular complexity index is 491. The highest BCUT2D eigenvalue weighted by molar-refractivity contribution is 6.70. The molecular weight excluding hydrogens is 304 g/mol. The van der Waals surface area contributed by atoms with Crippen molar-refractivity contribution >= 4 is 8.32 Å². The molecule has 0 amide bonds.